The molecule has 0 spiro atoms. The molecule has 0 aliphatic heterocycles. The number of hydrogen-bond donors (Lipinski definition) is 2. The van der Waals surface area contributed by atoms with Crippen LogP contribution >= 0.6 is 23.4 Å². The van der Waals surface area contributed by atoms with Crippen LogP contribution in [-0.2, 0) is 9.59 Å². The molecule has 9 heteroatoms. The van der Waals surface area contributed by atoms with Gasteiger partial charge in [-0.2, -0.15) is 0 Å². The number of hydrogen-bond acceptors (Lipinski definition) is 6. The third-order valence-corrected chi connectivity index (χ3v) is 11.3. The number of allylic oxidation sites excluding steroid dienone is 4. The van der Waals surface area contributed by atoms with E-state index in [1.165, 1.54) is 12.2 Å². The van der Waals surface area contributed by atoms with E-state index < -0.39 is 40.4 Å². The Morgan fingerprint density at radius 2 is 1.87 bits per heavy atom. The Balaban J connectivity index is 1.55. The SMILES string of the molecule is CC12C=CC(=O)C=C1C(F)CC1C2C(O)CC2(C)C(C(=O)SCF)C(CN(O)c3ccc(Cl)cc3)CC12C. The Hall–Kier alpha value is -1.74. The zero-order chi connectivity index (χ0) is 27.6. The number of halogens is 3. The molecule has 0 bridgehead atoms. The molecule has 5 rings (SSSR count). The number of fused-ring (bicyclic) bond motifs is 5. The summed E-state index contributed by atoms with van der Waals surface area (Å²) in [5.41, 5.74) is -1.21. The molecule has 9 unspecified atom stereocenters. The van der Waals surface area contributed by atoms with E-state index in [9.17, 15) is 24.3 Å². The van der Waals surface area contributed by atoms with Crippen LogP contribution < -0.4 is 5.06 Å². The summed E-state index contributed by atoms with van der Waals surface area (Å²) in [7, 11) is 0. The number of anilines is 1. The molecule has 3 fully saturated rings. The van der Waals surface area contributed by atoms with Gasteiger partial charge in [0.1, 0.15) is 12.2 Å². The number of alkyl halides is 2. The van der Waals surface area contributed by atoms with Crippen molar-refractivity contribution in [3.8, 4) is 0 Å². The van der Waals surface area contributed by atoms with Gasteiger partial charge in [-0.25, -0.2) is 8.78 Å². The van der Waals surface area contributed by atoms with Crippen LogP contribution in [0.25, 0.3) is 0 Å². The zero-order valence-corrected chi connectivity index (χ0v) is 23.3. The highest BCUT2D eigenvalue weighted by molar-refractivity contribution is 8.13. The summed E-state index contributed by atoms with van der Waals surface area (Å²) < 4.78 is 29.2. The summed E-state index contributed by atoms with van der Waals surface area (Å²) in [6, 6.07) is 5.83. The Labute approximate surface area is 231 Å². The number of thioether (sulfide) groups is 1. The second-order valence-corrected chi connectivity index (χ2v) is 13.5. The molecule has 1 aromatic rings. The quantitative estimate of drug-likeness (QED) is 0.415. The van der Waals surface area contributed by atoms with Crippen molar-refractivity contribution in [3.63, 3.8) is 0 Å². The highest BCUT2D eigenvalue weighted by Crippen LogP contribution is 2.73. The molecule has 4 aliphatic rings. The topological polar surface area (TPSA) is 77.8 Å². The van der Waals surface area contributed by atoms with Gasteiger partial charge in [0, 0.05) is 28.8 Å². The van der Waals surface area contributed by atoms with Crippen molar-refractivity contribution >= 4 is 39.9 Å². The van der Waals surface area contributed by atoms with Gasteiger partial charge in [-0.1, -0.05) is 50.2 Å². The van der Waals surface area contributed by atoms with Crippen LogP contribution in [0.2, 0.25) is 5.02 Å². The molecule has 1 aromatic carbocycles. The molecular weight excluding hydrogens is 532 g/mol. The van der Waals surface area contributed by atoms with Gasteiger partial charge in [-0.15, -0.1) is 0 Å². The first-order valence-corrected chi connectivity index (χ1v) is 14.4. The Morgan fingerprint density at radius 3 is 2.53 bits per heavy atom. The Bertz CT molecular complexity index is 1190. The summed E-state index contributed by atoms with van der Waals surface area (Å²) in [4.78, 5) is 25.6. The van der Waals surface area contributed by atoms with E-state index in [4.69, 9.17) is 11.6 Å². The number of ketones is 1. The maximum atomic E-state index is 15.8. The minimum Gasteiger partial charge on any atom is -0.393 e. The third kappa shape index (κ3) is 4.09. The van der Waals surface area contributed by atoms with Crippen molar-refractivity contribution in [1.82, 2.24) is 0 Å². The average molecular weight is 566 g/mol. The first-order chi connectivity index (χ1) is 17.9. The van der Waals surface area contributed by atoms with Gasteiger partial charge in [0.25, 0.3) is 0 Å². The van der Waals surface area contributed by atoms with E-state index >= 15 is 4.39 Å². The lowest BCUT2D eigenvalue weighted by Gasteiger charge is -2.63. The second-order valence-electron chi connectivity index (χ2n) is 12.1. The molecule has 3 saturated carbocycles. The van der Waals surface area contributed by atoms with Crippen molar-refractivity contribution in [2.75, 3.05) is 17.6 Å². The second kappa shape index (κ2) is 9.72. The maximum absolute atomic E-state index is 15.8. The lowest BCUT2D eigenvalue weighted by atomic mass is 9.41. The van der Waals surface area contributed by atoms with Gasteiger partial charge in [-0.05, 0) is 83.9 Å². The molecule has 38 heavy (non-hydrogen) atoms. The normalized spacial score (nSPS) is 41.7. The monoisotopic (exact) mass is 565 g/mol. The van der Waals surface area contributed by atoms with Crippen LogP contribution in [0.1, 0.15) is 40.0 Å². The molecule has 0 saturated heterocycles. The summed E-state index contributed by atoms with van der Waals surface area (Å²) in [6.45, 7) is 6.06. The summed E-state index contributed by atoms with van der Waals surface area (Å²) in [5, 5.41) is 24.0. The van der Waals surface area contributed by atoms with Crippen molar-refractivity contribution < 1.29 is 28.7 Å². The molecule has 9 atom stereocenters. The molecule has 206 valence electrons. The smallest absolute Gasteiger partial charge is 0.195 e. The van der Waals surface area contributed by atoms with Gasteiger partial charge in [-0.3, -0.25) is 19.9 Å². The number of carbonyl (C=O) groups is 2. The third-order valence-electron chi connectivity index (χ3n) is 10.4. The Morgan fingerprint density at radius 1 is 1.18 bits per heavy atom. The molecular formula is C29H34ClF2NO4S. The number of aliphatic hydroxyl groups excluding tert-OH is 1. The summed E-state index contributed by atoms with van der Waals surface area (Å²) >= 11 is 6.62. The van der Waals surface area contributed by atoms with E-state index in [2.05, 4.69) is 6.92 Å². The van der Waals surface area contributed by atoms with Crippen LogP contribution in [0, 0.1) is 39.9 Å². The van der Waals surface area contributed by atoms with Crippen LogP contribution in [0.5, 0.6) is 0 Å². The van der Waals surface area contributed by atoms with Gasteiger partial charge < -0.3 is 5.11 Å². The molecule has 0 aromatic heterocycles. The van der Waals surface area contributed by atoms with Crippen molar-refractivity contribution in [2.45, 2.75) is 52.3 Å². The van der Waals surface area contributed by atoms with Crippen LogP contribution in [-0.4, -0.2) is 46.0 Å². The zero-order valence-electron chi connectivity index (χ0n) is 21.7. The molecule has 0 heterocycles. The standard InChI is InChI=1S/C29H34ClF2NO4S/c1-27-9-8-19(34)10-20(27)22(32)11-21-25(27)23(35)13-29(3)24(26(36)38-15-31)16(12-28(21,29)2)14-33(37)18-6-4-17(30)5-7-18/h4-10,16,21-25,35,37H,11-15H2,1-3H3. The minimum atomic E-state index is -1.35. The molecule has 0 radical (unpaired) electrons. The average Bonchev–Trinajstić information content (AvgIpc) is 3.07. The van der Waals surface area contributed by atoms with Crippen LogP contribution in [0.4, 0.5) is 14.5 Å². The van der Waals surface area contributed by atoms with Crippen LogP contribution in [0.3, 0.4) is 0 Å². The van der Waals surface area contributed by atoms with Crippen LogP contribution in [0.15, 0.2) is 48.1 Å². The molecule has 4 aliphatic carbocycles. The van der Waals surface area contributed by atoms with Gasteiger partial charge >= 0.3 is 0 Å². The number of nitrogens with zero attached hydrogens (tertiary/aromatic N) is 1. The molecule has 2 N–H and O–H groups in total. The molecule has 0 amide bonds. The van der Waals surface area contributed by atoms with Crippen molar-refractivity contribution in [1.29, 1.82) is 0 Å². The summed E-state index contributed by atoms with van der Waals surface area (Å²) in [6.07, 6.45) is 3.32. The molecule has 5 nitrogen and oxygen atoms in total. The van der Waals surface area contributed by atoms with Gasteiger partial charge in [0.15, 0.2) is 10.9 Å². The Kier molecular flexibility index (Phi) is 7.11. The first-order valence-electron chi connectivity index (χ1n) is 13.1. The fourth-order valence-corrected chi connectivity index (χ4v) is 9.52. The number of rotatable bonds is 5. The predicted molar refractivity (Wildman–Crippen MR) is 144 cm³/mol. The minimum absolute atomic E-state index is 0.124. The lowest BCUT2D eigenvalue weighted by Crippen LogP contribution is -2.62. The fourth-order valence-electron chi connectivity index (χ4n) is 8.65. The number of carbonyl (C=O) groups excluding carboxylic acids is 2. The first kappa shape index (κ1) is 27.8. The maximum Gasteiger partial charge on any atom is 0.195 e. The van der Waals surface area contributed by atoms with Gasteiger partial charge in [0.05, 0.1) is 11.8 Å². The van der Waals surface area contributed by atoms with Gasteiger partial charge in [0.2, 0.25) is 0 Å². The fraction of sp³-hybridized carbons (Fsp3) is 0.586. The highest BCUT2D eigenvalue weighted by atomic mass is 35.5. The van der Waals surface area contributed by atoms with E-state index in [0.717, 1.165) is 5.06 Å². The van der Waals surface area contributed by atoms with E-state index in [1.54, 1.807) is 30.3 Å². The number of benzene rings is 1. The summed E-state index contributed by atoms with van der Waals surface area (Å²) in [5.74, 6) is -1.87. The number of aliphatic hydroxyl groups is 1. The largest absolute Gasteiger partial charge is 0.393 e. The van der Waals surface area contributed by atoms with E-state index in [0.29, 0.717) is 40.9 Å². The van der Waals surface area contributed by atoms with E-state index in [1.807, 2.05) is 13.8 Å². The van der Waals surface area contributed by atoms with Crippen molar-refractivity contribution in [2.24, 2.45) is 39.9 Å². The lowest BCUT2D eigenvalue weighted by molar-refractivity contribution is -0.169. The van der Waals surface area contributed by atoms with Crippen molar-refractivity contribution in [3.05, 3.63) is 53.1 Å². The number of hydroxylamine groups is 1. The van der Waals surface area contributed by atoms with E-state index in [-0.39, 0.29) is 41.6 Å². The predicted octanol–water partition coefficient (Wildman–Crippen LogP) is 6.18. The highest BCUT2D eigenvalue weighted by Gasteiger charge is 2.71.